The average Bonchev–Trinajstić information content (AvgIpc) is 2.74. The van der Waals surface area contributed by atoms with Crippen LogP contribution >= 0.6 is 11.6 Å². The Hall–Kier alpha value is -3.64. The number of nitrogens with zero attached hydrogens (tertiary/aromatic N) is 1. The number of amides is 1. The number of hydrogen-bond donors (Lipinski definition) is 1. The molecule has 0 aromatic heterocycles. The molecule has 0 aliphatic heterocycles. The van der Waals surface area contributed by atoms with E-state index in [1.54, 1.807) is 66.7 Å². The molecule has 0 saturated heterocycles. The topological polar surface area (TPSA) is 77.0 Å². The molecule has 3 aromatic rings. The molecule has 6 nitrogen and oxygen atoms in total. The molecule has 3 rings (SSSR count). The van der Waals surface area contributed by atoms with E-state index in [-0.39, 0.29) is 6.61 Å². The molecular formula is C23H19ClN2O4. The van der Waals surface area contributed by atoms with Crippen molar-refractivity contribution >= 4 is 29.7 Å². The summed E-state index contributed by atoms with van der Waals surface area (Å²) in [6.07, 6.45) is 1.45. The summed E-state index contributed by atoms with van der Waals surface area (Å²) in [5, 5.41) is 4.51. The van der Waals surface area contributed by atoms with E-state index in [1.807, 2.05) is 13.0 Å². The molecule has 0 saturated carbocycles. The minimum atomic E-state index is -0.451. The molecule has 0 atom stereocenters. The van der Waals surface area contributed by atoms with E-state index >= 15 is 0 Å². The standard InChI is InChI=1S/C23H19ClN2O4/c1-16-12-19(24)10-11-21(16)29-15-22(27)26-25-14-17-6-5-9-20(13-17)30-23(28)18-7-3-2-4-8-18/h2-14H,15H2,1H3,(H,26,27)/b25-14+. The fourth-order valence-electron chi connectivity index (χ4n) is 2.53. The number of nitrogens with one attached hydrogen (secondary N) is 1. The van der Waals surface area contributed by atoms with Gasteiger partial charge in [0.1, 0.15) is 11.5 Å². The minimum Gasteiger partial charge on any atom is -0.483 e. The highest BCUT2D eigenvalue weighted by molar-refractivity contribution is 6.30. The lowest BCUT2D eigenvalue weighted by Gasteiger charge is -2.08. The van der Waals surface area contributed by atoms with E-state index in [0.29, 0.717) is 27.6 Å². The van der Waals surface area contributed by atoms with E-state index in [1.165, 1.54) is 6.21 Å². The van der Waals surface area contributed by atoms with Crippen molar-refractivity contribution in [3.63, 3.8) is 0 Å². The number of carbonyl (C=O) groups excluding carboxylic acids is 2. The van der Waals surface area contributed by atoms with Crippen LogP contribution in [0.2, 0.25) is 5.02 Å². The van der Waals surface area contributed by atoms with Crippen molar-refractivity contribution in [2.45, 2.75) is 6.92 Å². The van der Waals surface area contributed by atoms with Gasteiger partial charge in [0, 0.05) is 5.02 Å². The van der Waals surface area contributed by atoms with E-state index in [4.69, 9.17) is 21.1 Å². The number of hydrogen-bond acceptors (Lipinski definition) is 5. The lowest BCUT2D eigenvalue weighted by Crippen LogP contribution is -2.24. The first-order chi connectivity index (χ1) is 14.5. The van der Waals surface area contributed by atoms with E-state index < -0.39 is 11.9 Å². The van der Waals surface area contributed by atoms with Gasteiger partial charge in [-0.05, 0) is 60.5 Å². The fourth-order valence-corrected chi connectivity index (χ4v) is 2.75. The highest BCUT2D eigenvalue weighted by atomic mass is 35.5. The Morgan fingerprint density at radius 2 is 1.83 bits per heavy atom. The molecular weight excluding hydrogens is 404 g/mol. The fraction of sp³-hybridized carbons (Fsp3) is 0.0870. The van der Waals surface area contributed by atoms with Gasteiger partial charge in [0.2, 0.25) is 0 Å². The van der Waals surface area contributed by atoms with Gasteiger partial charge >= 0.3 is 5.97 Å². The van der Waals surface area contributed by atoms with Gasteiger partial charge in [0.15, 0.2) is 6.61 Å². The highest BCUT2D eigenvalue weighted by Crippen LogP contribution is 2.21. The number of aryl methyl sites for hydroxylation is 1. The molecule has 0 radical (unpaired) electrons. The van der Waals surface area contributed by atoms with Gasteiger partial charge in [-0.2, -0.15) is 5.10 Å². The van der Waals surface area contributed by atoms with Gasteiger partial charge in [-0.1, -0.05) is 41.9 Å². The van der Waals surface area contributed by atoms with Crippen LogP contribution in [0.1, 0.15) is 21.5 Å². The number of halogens is 1. The van der Waals surface area contributed by atoms with Crippen LogP contribution in [-0.2, 0) is 4.79 Å². The Kier molecular flexibility index (Phi) is 7.19. The van der Waals surface area contributed by atoms with Crippen molar-refractivity contribution in [2.75, 3.05) is 6.61 Å². The van der Waals surface area contributed by atoms with E-state index in [9.17, 15) is 9.59 Å². The zero-order chi connectivity index (χ0) is 21.3. The molecule has 1 amide bonds. The van der Waals surface area contributed by atoms with Gasteiger partial charge in [-0.25, -0.2) is 10.2 Å². The van der Waals surface area contributed by atoms with Crippen LogP contribution in [0.15, 0.2) is 77.9 Å². The molecule has 152 valence electrons. The molecule has 0 aliphatic carbocycles. The maximum absolute atomic E-state index is 12.1. The predicted octanol–water partition coefficient (Wildman–Crippen LogP) is 4.40. The predicted molar refractivity (Wildman–Crippen MR) is 115 cm³/mol. The second-order valence-corrected chi connectivity index (χ2v) is 6.76. The number of carbonyl (C=O) groups is 2. The SMILES string of the molecule is Cc1cc(Cl)ccc1OCC(=O)N/N=C/c1cccc(OC(=O)c2ccccc2)c1. The quantitative estimate of drug-likeness (QED) is 0.265. The summed E-state index contributed by atoms with van der Waals surface area (Å²) in [7, 11) is 0. The van der Waals surface area contributed by atoms with Crippen LogP contribution in [0.5, 0.6) is 11.5 Å². The van der Waals surface area contributed by atoms with Crippen molar-refractivity contribution in [3.8, 4) is 11.5 Å². The summed E-state index contributed by atoms with van der Waals surface area (Å²) in [6.45, 7) is 1.66. The maximum atomic E-state index is 12.1. The third kappa shape index (κ3) is 6.18. The molecule has 0 heterocycles. The van der Waals surface area contributed by atoms with Gasteiger partial charge in [0.25, 0.3) is 5.91 Å². The Labute approximate surface area is 179 Å². The number of benzene rings is 3. The van der Waals surface area contributed by atoms with Gasteiger partial charge < -0.3 is 9.47 Å². The van der Waals surface area contributed by atoms with Crippen LogP contribution < -0.4 is 14.9 Å². The first-order valence-corrected chi connectivity index (χ1v) is 9.47. The van der Waals surface area contributed by atoms with Crippen LogP contribution in [0.4, 0.5) is 0 Å². The molecule has 0 fully saturated rings. The lowest BCUT2D eigenvalue weighted by molar-refractivity contribution is -0.123. The van der Waals surface area contributed by atoms with Crippen LogP contribution in [-0.4, -0.2) is 24.7 Å². The van der Waals surface area contributed by atoms with Crippen LogP contribution in [0.3, 0.4) is 0 Å². The molecule has 0 spiro atoms. The molecule has 30 heavy (non-hydrogen) atoms. The Morgan fingerprint density at radius 3 is 2.60 bits per heavy atom. The first-order valence-electron chi connectivity index (χ1n) is 9.09. The van der Waals surface area contributed by atoms with E-state index in [2.05, 4.69) is 10.5 Å². The Morgan fingerprint density at radius 1 is 1.03 bits per heavy atom. The van der Waals surface area contributed by atoms with Crippen LogP contribution in [0.25, 0.3) is 0 Å². The normalized spacial score (nSPS) is 10.6. The molecule has 7 heteroatoms. The third-order valence-electron chi connectivity index (χ3n) is 3.98. The Bertz CT molecular complexity index is 1070. The monoisotopic (exact) mass is 422 g/mol. The number of hydrazone groups is 1. The maximum Gasteiger partial charge on any atom is 0.343 e. The van der Waals surface area contributed by atoms with Crippen molar-refractivity contribution < 1.29 is 19.1 Å². The molecule has 3 aromatic carbocycles. The van der Waals surface area contributed by atoms with Crippen molar-refractivity contribution in [1.29, 1.82) is 0 Å². The summed E-state index contributed by atoms with van der Waals surface area (Å²) in [4.78, 5) is 24.0. The summed E-state index contributed by atoms with van der Waals surface area (Å²) in [5.74, 6) is 0.0898. The Balaban J connectivity index is 1.51. The average molecular weight is 423 g/mol. The second-order valence-electron chi connectivity index (χ2n) is 6.32. The van der Waals surface area contributed by atoms with Crippen LogP contribution in [0, 0.1) is 6.92 Å². The number of ether oxygens (including phenoxy) is 2. The highest BCUT2D eigenvalue weighted by Gasteiger charge is 2.08. The van der Waals surface area contributed by atoms with Crippen molar-refractivity contribution in [3.05, 3.63) is 94.5 Å². The minimum absolute atomic E-state index is 0.186. The third-order valence-corrected chi connectivity index (χ3v) is 4.21. The summed E-state index contributed by atoms with van der Waals surface area (Å²) >= 11 is 5.89. The van der Waals surface area contributed by atoms with Gasteiger partial charge in [-0.15, -0.1) is 0 Å². The second kappa shape index (κ2) is 10.2. The number of rotatable bonds is 7. The zero-order valence-electron chi connectivity index (χ0n) is 16.2. The summed E-state index contributed by atoms with van der Waals surface area (Å²) < 4.78 is 10.8. The smallest absolute Gasteiger partial charge is 0.343 e. The zero-order valence-corrected chi connectivity index (χ0v) is 16.9. The summed E-state index contributed by atoms with van der Waals surface area (Å²) in [6, 6.07) is 20.7. The summed E-state index contributed by atoms with van der Waals surface area (Å²) in [5.41, 5.74) is 4.34. The van der Waals surface area contributed by atoms with Gasteiger partial charge in [0.05, 0.1) is 11.8 Å². The first kappa shape index (κ1) is 21.1. The van der Waals surface area contributed by atoms with Gasteiger partial charge in [-0.3, -0.25) is 4.79 Å². The largest absolute Gasteiger partial charge is 0.483 e. The van der Waals surface area contributed by atoms with E-state index in [0.717, 1.165) is 5.56 Å². The lowest BCUT2D eigenvalue weighted by atomic mass is 10.2. The number of esters is 1. The molecule has 0 aliphatic rings. The molecule has 0 unspecified atom stereocenters. The van der Waals surface area contributed by atoms with Crippen molar-refractivity contribution in [2.24, 2.45) is 5.10 Å². The molecule has 1 N–H and O–H groups in total. The molecule has 0 bridgehead atoms. The van der Waals surface area contributed by atoms with Crippen molar-refractivity contribution in [1.82, 2.24) is 5.43 Å².